The molecule has 0 aliphatic rings. The third-order valence-electron chi connectivity index (χ3n) is 3.31. The number of anilines is 1. The Morgan fingerprint density at radius 3 is 2.33 bits per heavy atom. The van der Waals surface area contributed by atoms with Gasteiger partial charge in [-0.1, -0.05) is 13.8 Å². The maximum Gasteiger partial charge on any atom is 0.416 e. The summed E-state index contributed by atoms with van der Waals surface area (Å²) >= 11 is 0. The summed E-state index contributed by atoms with van der Waals surface area (Å²) in [5.41, 5.74) is -0.914. The largest absolute Gasteiger partial charge is 0.416 e. The van der Waals surface area contributed by atoms with Crippen molar-refractivity contribution in [3.63, 3.8) is 0 Å². The van der Waals surface area contributed by atoms with Crippen molar-refractivity contribution >= 4 is 16.0 Å². The minimum Gasteiger partial charge on any atom is -0.247 e. The van der Waals surface area contributed by atoms with Gasteiger partial charge in [0.25, 0.3) is 10.0 Å². The summed E-state index contributed by atoms with van der Waals surface area (Å²) in [7, 11) is -2.56. The van der Waals surface area contributed by atoms with Crippen molar-refractivity contribution in [2.24, 2.45) is 7.05 Å². The van der Waals surface area contributed by atoms with Gasteiger partial charge in [0.15, 0.2) is 5.82 Å². The molecule has 0 saturated heterocycles. The number of alkyl halides is 3. The summed E-state index contributed by atoms with van der Waals surface area (Å²) in [5.74, 6) is 0.458. The maximum absolute atomic E-state index is 12.7. The number of sulfonamides is 1. The first-order chi connectivity index (χ1) is 10.9. The fourth-order valence-electron chi connectivity index (χ4n) is 2.04. The quantitative estimate of drug-likeness (QED) is 0.907. The number of nitrogens with zero attached hydrogens (tertiary/aromatic N) is 3. The van der Waals surface area contributed by atoms with E-state index in [-0.39, 0.29) is 22.3 Å². The molecule has 24 heavy (non-hydrogen) atoms. The highest BCUT2D eigenvalue weighted by atomic mass is 32.2. The van der Waals surface area contributed by atoms with Gasteiger partial charge in [0.2, 0.25) is 5.95 Å². The molecule has 6 nitrogen and oxygen atoms in total. The van der Waals surface area contributed by atoms with Crippen molar-refractivity contribution in [2.75, 3.05) is 4.72 Å². The van der Waals surface area contributed by atoms with Crippen LogP contribution in [0.5, 0.6) is 0 Å². The zero-order valence-electron chi connectivity index (χ0n) is 13.5. The van der Waals surface area contributed by atoms with Crippen molar-refractivity contribution in [3.8, 4) is 0 Å². The molecule has 1 heterocycles. The van der Waals surface area contributed by atoms with Gasteiger partial charge in [-0.25, -0.2) is 17.8 Å². The minimum atomic E-state index is -4.53. The first-order valence-corrected chi connectivity index (χ1v) is 8.51. The second kappa shape index (κ2) is 6.08. The van der Waals surface area contributed by atoms with Crippen LogP contribution in [-0.2, 0) is 23.2 Å². The van der Waals surface area contributed by atoms with Crippen LogP contribution < -0.4 is 4.72 Å². The van der Waals surface area contributed by atoms with Crippen molar-refractivity contribution in [1.82, 2.24) is 14.8 Å². The van der Waals surface area contributed by atoms with Crippen LogP contribution in [0.3, 0.4) is 0 Å². The zero-order chi connectivity index (χ0) is 18.3. The number of hydrogen-bond acceptors (Lipinski definition) is 4. The highest BCUT2D eigenvalue weighted by molar-refractivity contribution is 7.92. The van der Waals surface area contributed by atoms with Gasteiger partial charge >= 0.3 is 6.18 Å². The molecular formula is C14H17F3N4O2S. The van der Waals surface area contributed by atoms with E-state index in [9.17, 15) is 21.6 Å². The molecule has 1 aromatic carbocycles. The molecule has 1 aromatic heterocycles. The first kappa shape index (κ1) is 18.2. The standard InChI is InChI=1S/C14H17F3N4O2S/c1-8(2)12-18-13(21(4)19-12)20-24(22,23)11-6-5-10(7-9(11)3)14(15,16)17/h5-8H,1-4H3,(H,18,19,20). The summed E-state index contributed by atoms with van der Waals surface area (Å²) in [5, 5.41) is 4.09. The number of benzene rings is 1. The Labute approximate surface area is 137 Å². The normalized spacial score (nSPS) is 12.7. The Bertz CT molecular complexity index is 857. The first-order valence-electron chi connectivity index (χ1n) is 7.03. The second-order valence-corrected chi connectivity index (χ2v) is 7.31. The van der Waals surface area contributed by atoms with E-state index in [1.807, 2.05) is 13.8 Å². The van der Waals surface area contributed by atoms with E-state index in [4.69, 9.17) is 0 Å². The molecule has 0 fully saturated rings. The smallest absolute Gasteiger partial charge is 0.247 e. The SMILES string of the molecule is Cc1cc(C(F)(F)F)ccc1S(=O)(=O)Nc1nc(C(C)C)nn1C. The Kier molecular flexibility index (Phi) is 4.62. The van der Waals surface area contributed by atoms with Crippen LogP contribution in [0.2, 0.25) is 0 Å². The number of rotatable bonds is 4. The average Bonchev–Trinajstić information content (AvgIpc) is 2.78. The molecule has 0 saturated carbocycles. The van der Waals surface area contributed by atoms with E-state index >= 15 is 0 Å². The fraction of sp³-hybridized carbons (Fsp3) is 0.429. The van der Waals surface area contributed by atoms with Crippen LogP contribution in [0.25, 0.3) is 0 Å². The molecule has 0 aliphatic heterocycles. The van der Waals surface area contributed by atoms with Crippen LogP contribution in [0.15, 0.2) is 23.1 Å². The number of hydrogen-bond donors (Lipinski definition) is 1. The van der Waals surface area contributed by atoms with E-state index in [1.54, 1.807) is 0 Å². The molecule has 10 heteroatoms. The van der Waals surface area contributed by atoms with Crippen molar-refractivity contribution in [3.05, 3.63) is 35.2 Å². The van der Waals surface area contributed by atoms with Gasteiger partial charge in [0, 0.05) is 13.0 Å². The van der Waals surface area contributed by atoms with Crippen LogP contribution in [0.4, 0.5) is 19.1 Å². The molecule has 0 spiro atoms. The number of aromatic nitrogens is 3. The van der Waals surface area contributed by atoms with Gasteiger partial charge in [-0.3, -0.25) is 0 Å². The van der Waals surface area contributed by atoms with Gasteiger partial charge in [0.1, 0.15) is 0 Å². The van der Waals surface area contributed by atoms with Crippen molar-refractivity contribution in [2.45, 2.75) is 37.8 Å². The highest BCUT2D eigenvalue weighted by Crippen LogP contribution is 2.31. The third-order valence-corrected chi connectivity index (χ3v) is 4.80. The lowest BCUT2D eigenvalue weighted by Crippen LogP contribution is -2.18. The van der Waals surface area contributed by atoms with Gasteiger partial charge in [-0.05, 0) is 30.7 Å². The molecule has 0 aliphatic carbocycles. The van der Waals surface area contributed by atoms with E-state index in [0.717, 1.165) is 18.2 Å². The van der Waals surface area contributed by atoms with Gasteiger partial charge in [-0.2, -0.15) is 23.3 Å². The molecular weight excluding hydrogens is 345 g/mol. The monoisotopic (exact) mass is 362 g/mol. The molecule has 0 radical (unpaired) electrons. The summed E-state index contributed by atoms with van der Waals surface area (Å²) in [6.07, 6.45) is -4.53. The topological polar surface area (TPSA) is 76.9 Å². The minimum absolute atomic E-state index is 0.00185. The molecule has 0 unspecified atom stereocenters. The second-order valence-electron chi connectivity index (χ2n) is 5.66. The lowest BCUT2D eigenvalue weighted by Gasteiger charge is -2.12. The molecule has 2 rings (SSSR count). The fourth-order valence-corrected chi connectivity index (χ4v) is 3.30. The lowest BCUT2D eigenvalue weighted by atomic mass is 10.1. The number of nitrogens with one attached hydrogen (secondary N) is 1. The maximum atomic E-state index is 12.7. The molecule has 0 amide bonds. The summed E-state index contributed by atoms with van der Waals surface area (Å²) in [6, 6.07) is 2.46. The lowest BCUT2D eigenvalue weighted by molar-refractivity contribution is -0.137. The molecule has 2 aromatic rings. The summed E-state index contributed by atoms with van der Waals surface area (Å²) in [6.45, 7) is 5.02. The predicted octanol–water partition coefficient (Wildman–Crippen LogP) is 3.07. The molecule has 132 valence electrons. The van der Waals surface area contributed by atoms with Gasteiger partial charge in [0.05, 0.1) is 10.5 Å². The average molecular weight is 362 g/mol. The van der Waals surface area contributed by atoms with E-state index in [2.05, 4.69) is 14.8 Å². The summed E-state index contributed by atoms with van der Waals surface area (Å²) in [4.78, 5) is 3.84. The van der Waals surface area contributed by atoms with Gasteiger partial charge in [-0.15, -0.1) is 0 Å². The van der Waals surface area contributed by atoms with Crippen LogP contribution in [0.1, 0.15) is 36.7 Å². The van der Waals surface area contributed by atoms with Crippen LogP contribution >= 0.6 is 0 Å². The van der Waals surface area contributed by atoms with E-state index in [0.29, 0.717) is 5.82 Å². The zero-order valence-corrected chi connectivity index (χ0v) is 14.3. The van der Waals surface area contributed by atoms with Gasteiger partial charge < -0.3 is 0 Å². The predicted molar refractivity (Wildman–Crippen MR) is 82.1 cm³/mol. The molecule has 1 N–H and O–H groups in total. The van der Waals surface area contributed by atoms with Crippen molar-refractivity contribution < 1.29 is 21.6 Å². The molecule has 0 atom stereocenters. The van der Waals surface area contributed by atoms with E-state index in [1.165, 1.54) is 18.7 Å². The molecule has 0 bridgehead atoms. The Balaban J connectivity index is 2.38. The summed E-state index contributed by atoms with van der Waals surface area (Å²) < 4.78 is 66.5. The number of aryl methyl sites for hydroxylation is 2. The third kappa shape index (κ3) is 3.69. The highest BCUT2D eigenvalue weighted by Gasteiger charge is 2.32. The Morgan fingerprint density at radius 1 is 1.25 bits per heavy atom. The van der Waals surface area contributed by atoms with Crippen LogP contribution in [-0.4, -0.2) is 23.2 Å². The Morgan fingerprint density at radius 2 is 1.88 bits per heavy atom. The van der Waals surface area contributed by atoms with Crippen molar-refractivity contribution in [1.29, 1.82) is 0 Å². The number of halogens is 3. The van der Waals surface area contributed by atoms with Crippen LogP contribution in [0, 0.1) is 6.92 Å². The Hall–Kier alpha value is -2.10. The van der Waals surface area contributed by atoms with E-state index < -0.39 is 21.8 Å².